The molecule has 1 unspecified atom stereocenters. The molecule has 13 heteroatoms. The fourth-order valence-electron chi connectivity index (χ4n) is 5.52. The van der Waals surface area contributed by atoms with Crippen molar-refractivity contribution in [3.8, 4) is 5.75 Å². The molecule has 2 aromatic rings. The second kappa shape index (κ2) is 9.07. The van der Waals surface area contributed by atoms with Gasteiger partial charge in [-0.05, 0) is 26.7 Å². The van der Waals surface area contributed by atoms with Crippen LogP contribution in [0.25, 0.3) is 0 Å². The van der Waals surface area contributed by atoms with Crippen molar-refractivity contribution < 1.29 is 37.4 Å². The van der Waals surface area contributed by atoms with Crippen LogP contribution >= 0.6 is 0 Å². The van der Waals surface area contributed by atoms with Crippen molar-refractivity contribution in [3.63, 3.8) is 0 Å². The second-order valence-corrected chi connectivity index (χ2v) is 9.81. The van der Waals surface area contributed by atoms with Gasteiger partial charge in [0.05, 0.1) is 12.6 Å². The number of carbonyl (C=O) groups is 3. The topological polar surface area (TPSA) is 121 Å². The van der Waals surface area contributed by atoms with Crippen molar-refractivity contribution in [3.05, 3.63) is 62.8 Å². The smallest absolute Gasteiger partial charge is 0.410 e. The molecule has 38 heavy (non-hydrogen) atoms. The molecule has 0 saturated carbocycles. The Bertz CT molecular complexity index is 1410. The van der Waals surface area contributed by atoms with Crippen LogP contribution in [0.15, 0.2) is 23.1 Å². The third-order valence-corrected chi connectivity index (χ3v) is 7.67. The predicted molar refractivity (Wildman–Crippen MR) is 125 cm³/mol. The van der Waals surface area contributed by atoms with Gasteiger partial charge in [0.2, 0.25) is 5.43 Å². The summed E-state index contributed by atoms with van der Waals surface area (Å²) in [5.74, 6) is -6.23. The van der Waals surface area contributed by atoms with Gasteiger partial charge in [-0.2, -0.15) is 0 Å². The zero-order chi connectivity index (χ0) is 27.5. The first-order valence-electron chi connectivity index (χ1n) is 12.2. The third-order valence-electron chi connectivity index (χ3n) is 7.67. The summed E-state index contributed by atoms with van der Waals surface area (Å²) in [6.45, 7) is 3.61. The molecule has 4 heterocycles. The number of rotatable bonds is 4. The minimum Gasteiger partial charge on any atom is -0.503 e. The van der Waals surface area contributed by atoms with E-state index in [9.17, 15) is 37.5 Å². The Morgan fingerprint density at radius 1 is 1.21 bits per heavy atom. The number of aromatic hydroxyl groups is 1. The van der Waals surface area contributed by atoms with Crippen LogP contribution in [-0.2, 0) is 11.3 Å². The number of likely N-dealkylation sites (N-methyl/N-ethyl adjacent to an activating group) is 1. The summed E-state index contributed by atoms with van der Waals surface area (Å²) in [7, 11) is 0. The fraction of sp³-hybridized carbons (Fsp3) is 0.440. The highest BCUT2D eigenvalue weighted by atomic mass is 19.1. The van der Waals surface area contributed by atoms with Crippen LogP contribution in [-0.4, -0.2) is 68.7 Å². The van der Waals surface area contributed by atoms with Crippen molar-refractivity contribution in [1.29, 1.82) is 0 Å². The Labute approximate surface area is 214 Å². The number of ether oxygens (including phenoxy) is 1. The van der Waals surface area contributed by atoms with Gasteiger partial charge in [-0.1, -0.05) is 0 Å². The van der Waals surface area contributed by atoms with Crippen LogP contribution in [0, 0.1) is 17.5 Å². The van der Waals surface area contributed by atoms with Crippen LogP contribution in [0.2, 0.25) is 0 Å². The second-order valence-electron chi connectivity index (χ2n) is 9.81. The third kappa shape index (κ3) is 3.87. The van der Waals surface area contributed by atoms with Crippen molar-refractivity contribution in [1.82, 2.24) is 19.7 Å². The summed E-state index contributed by atoms with van der Waals surface area (Å²) in [6.07, 6.45) is 1.46. The fourth-order valence-corrected chi connectivity index (χ4v) is 5.52. The highest BCUT2D eigenvalue weighted by Gasteiger charge is 2.56. The number of aromatic nitrogens is 1. The van der Waals surface area contributed by atoms with Crippen LogP contribution in [0.5, 0.6) is 5.75 Å². The van der Waals surface area contributed by atoms with E-state index in [2.05, 4.69) is 5.32 Å². The maximum atomic E-state index is 14.0. The van der Waals surface area contributed by atoms with E-state index in [-0.39, 0.29) is 24.8 Å². The molecule has 0 aliphatic carbocycles. The number of carbonyl (C=O) groups excluding carboxylic acids is 3. The van der Waals surface area contributed by atoms with Crippen LogP contribution < -0.4 is 10.7 Å². The Balaban J connectivity index is 1.56. The summed E-state index contributed by atoms with van der Waals surface area (Å²) in [6, 6.07) is -0.0938. The summed E-state index contributed by atoms with van der Waals surface area (Å²) >= 11 is 0. The first kappa shape index (κ1) is 25.6. The van der Waals surface area contributed by atoms with E-state index in [0.29, 0.717) is 31.5 Å². The van der Waals surface area contributed by atoms with E-state index in [1.165, 1.54) is 14.4 Å². The molecule has 3 atom stereocenters. The van der Waals surface area contributed by atoms with Crippen molar-refractivity contribution in [2.45, 2.75) is 50.9 Å². The lowest BCUT2D eigenvalue weighted by Gasteiger charge is -2.42. The number of fused-ring (bicyclic) bond motifs is 5. The molecule has 3 amide bonds. The summed E-state index contributed by atoms with van der Waals surface area (Å²) in [5.41, 5.74) is -3.79. The number of halogens is 3. The van der Waals surface area contributed by atoms with Crippen molar-refractivity contribution in [2.24, 2.45) is 0 Å². The average Bonchev–Trinajstić information content (AvgIpc) is 3.13. The van der Waals surface area contributed by atoms with Crippen LogP contribution in [0.1, 0.15) is 59.1 Å². The molecular weight excluding hydrogens is 509 g/mol. The van der Waals surface area contributed by atoms with E-state index in [1.54, 1.807) is 6.92 Å². The maximum absolute atomic E-state index is 14.0. The molecule has 202 valence electrons. The molecule has 5 rings (SSSR count). The molecule has 1 aromatic heterocycles. The van der Waals surface area contributed by atoms with E-state index >= 15 is 0 Å². The van der Waals surface area contributed by atoms with Gasteiger partial charge < -0.3 is 29.5 Å². The van der Waals surface area contributed by atoms with Gasteiger partial charge in [-0.3, -0.25) is 14.4 Å². The van der Waals surface area contributed by atoms with Gasteiger partial charge in [0.15, 0.2) is 17.0 Å². The zero-order valence-corrected chi connectivity index (χ0v) is 20.6. The molecule has 2 fully saturated rings. The molecule has 1 spiro atoms. The molecule has 3 aliphatic rings. The minimum absolute atomic E-state index is 0.104. The lowest BCUT2D eigenvalue weighted by atomic mass is 9.88. The summed E-state index contributed by atoms with van der Waals surface area (Å²) < 4.78 is 48.4. The number of amides is 3. The highest BCUT2D eigenvalue weighted by Crippen LogP contribution is 2.45. The molecular formula is C25H25F3N4O6. The number of nitrogens with zero attached hydrogens (tertiary/aromatic N) is 3. The average molecular weight is 534 g/mol. The number of benzene rings is 1. The first-order chi connectivity index (χ1) is 18.0. The molecule has 2 N–H and O–H groups in total. The number of pyridine rings is 1. The zero-order valence-electron chi connectivity index (χ0n) is 20.6. The quantitative estimate of drug-likeness (QED) is 0.621. The number of nitrogens with one attached hydrogen (secondary N) is 1. The molecule has 10 nitrogen and oxygen atoms in total. The van der Waals surface area contributed by atoms with Crippen LogP contribution in [0.3, 0.4) is 0 Å². The van der Waals surface area contributed by atoms with E-state index in [1.807, 2.05) is 6.92 Å². The molecule has 0 radical (unpaired) electrons. The Hall–Kier alpha value is -4.03. The van der Waals surface area contributed by atoms with Gasteiger partial charge in [-0.25, -0.2) is 18.0 Å². The largest absolute Gasteiger partial charge is 0.503 e. The monoisotopic (exact) mass is 534 g/mol. The first-order valence-corrected chi connectivity index (χ1v) is 12.2. The maximum Gasteiger partial charge on any atom is 0.410 e. The standard InChI is InChI=1S/C25H25F3N4O6/c1-3-30-11-25(38-24(30)37)5-4-12(2)31-10-18(25)32-9-15(20(33)21(34)19(32)23(31)36)22(35)29-8-14-16(27)6-13(26)7-17(14)28/h6-7,9,12,18,34H,3-5,8,10-11H2,1-2H3,(H,29,35)/t12?,18-,25-/m1/s1. The van der Waals surface area contributed by atoms with Gasteiger partial charge in [0.25, 0.3) is 11.8 Å². The van der Waals surface area contributed by atoms with Crippen molar-refractivity contribution >= 4 is 17.9 Å². The van der Waals surface area contributed by atoms with E-state index < -0.39 is 75.9 Å². The van der Waals surface area contributed by atoms with Gasteiger partial charge in [-0.15, -0.1) is 0 Å². The Morgan fingerprint density at radius 2 is 1.89 bits per heavy atom. The van der Waals surface area contributed by atoms with Gasteiger partial charge >= 0.3 is 6.09 Å². The molecule has 3 aliphatic heterocycles. The normalized spacial score (nSPS) is 24.3. The predicted octanol–water partition coefficient (Wildman–Crippen LogP) is 2.29. The van der Waals surface area contributed by atoms with E-state index in [0.717, 1.165) is 6.20 Å². The minimum atomic E-state index is -1.23. The molecule has 2 saturated heterocycles. The molecule has 1 aromatic carbocycles. The Kier molecular flexibility index (Phi) is 6.11. The highest BCUT2D eigenvalue weighted by molar-refractivity contribution is 5.99. The summed E-state index contributed by atoms with van der Waals surface area (Å²) in [5, 5.41) is 13.0. The van der Waals surface area contributed by atoms with Crippen LogP contribution in [0.4, 0.5) is 18.0 Å². The van der Waals surface area contributed by atoms with Gasteiger partial charge in [0, 0.05) is 49.6 Å². The van der Waals surface area contributed by atoms with E-state index in [4.69, 9.17) is 4.74 Å². The molecule has 2 bridgehead atoms. The lowest BCUT2D eigenvalue weighted by Crippen LogP contribution is -2.53. The Morgan fingerprint density at radius 3 is 2.53 bits per heavy atom. The lowest BCUT2D eigenvalue weighted by molar-refractivity contribution is -0.00221. The van der Waals surface area contributed by atoms with Gasteiger partial charge in [0.1, 0.15) is 23.0 Å². The SMILES string of the molecule is CCN1C[C@@]2(CCC(C)N3C[C@H]2n2cc(C(=O)NCc4c(F)cc(F)cc4F)c(=O)c(O)c2C3=O)OC1=O. The number of hydrogen-bond donors (Lipinski definition) is 2. The summed E-state index contributed by atoms with van der Waals surface area (Å²) in [4.78, 5) is 54.9. The number of hydrogen-bond acceptors (Lipinski definition) is 6. The van der Waals surface area contributed by atoms with Crippen molar-refractivity contribution in [2.75, 3.05) is 19.6 Å².